The van der Waals surface area contributed by atoms with Gasteiger partial charge in [-0.3, -0.25) is 0 Å². The molecule has 1 aromatic rings. The predicted octanol–water partition coefficient (Wildman–Crippen LogP) is 1.15. The number of carbonyl (C=O) groups is 1. The van der Waals surface area contributed by atoms with Crippen LogP contribution in [-0.4, -0.2) is 32.8 Å². The number of carboxylic acid groups (broad SMARTS) is 1. The predicted molar refractivity (Wildman–Crippen MR) is 52.8 cm³/mol. The Labute approximate surface area is 87.7 Å². The Morgan fingerprint density at radius 2 is 2.60 bits per heavy atom. The molecule has 82 valence electrons. The molecule has 0 aromatic carbocycles. The maximum Gasteiger partial charge on any atom is 0.356 e. The van der Waals surface area contributed by atoms with Gasteiger partial charge in [0, 0.05) is 12.8 Å². The maximum atomic E-state index is 10.6. The first kappa shape index (κ1) is 10.2. The summed E-state index contributed by atoms with van der Waals surface area (Å²) in [6.07, 6.45) is 5.15. The van der Waals surface area contributed by atoms with Crippen molar-refractivity contribution < 1.29 is 14.6 Å². The molecule has 1 atom stereocenters. The third-order valence-corrected chi connectivity index (χ3v) is 2.67. The SMILES string of the molecule is CC1(Cn2cnc(C(=O)O)c2)CCCO1. The molecule has 2 rings (SSSR count). The Balaban J connectivity index is 2.07. The van der Waals surface area contributed by atoms with E-state index in [0.29, 0.717) is 6.54 Å². The molecule has 1 fully saturated rings. The fourth-order valence-corrected chi connectivity index (χ4v) is 1.90. The number of carboxylic acids is 1. The van der Waals surface area contributed by atoms with Gasteiger partial charge in [-0.25, -0.2) is 9.78 Å². The second-order valence-corrected chi connectivity index (χ2v) is 4.14. The fourth-order valence-electron chi connectivity index (χ4n) is 1.90. The van der Waals surface area contributed by atoms with Crippen molar-refractivity contribution in [1.29, 1.82) is 0 Å². The van der Waals surface area contributed by atoms with Gasteiger partial charge in [-0.05, 0) is 19.8 Å². The van der Waals surface area contributed by atoms with Gasteiger partial charge in [0.15, 0.2) is 5.69 Å². The van der Waals surface area contributed by atoms with E-state index in [4.69, 9.17) is 9.84 Å². The van der Waals surface area contributed by atoms with Crippen LogP contribution in [0, 0.1) is 0 Å². The normalized spacial score (nSPS) is 25.7. The second kappa shape index (κ2) is 3.66. The van der Waals surface area contributed by atoms with Crippen molar-refractivity contribution in [2.75, 3.05) is 6.61 Å². The smallest absolute Gasteiger partial charge is 0.356 e. The first-order valence-corrected chi connectivity index (χ1v) is 4.98. The van der Waals surface area contributed by atoms with Crippen molar-refractivity contribution in [2.45, 2.75) is 31.9 Å². The summed E-state index contributed by atoms with van der Waals surface area (Å²) in [4.78, 5) is 14.4. The van der Waals surface area contributed by atoms with E-state index < -0.39 is 5.97 Å². The van der Waals surface area contributed by atoms with E-state index in [1.807, 2.05) is 6.92 Å². The molecule has 0 spiro atoms. The zero-order chi connectivity index (χ0) is 10.9. The van der Waals surface area contributed by atoms with Gasteiger partial charge in [0.2, 0.25) is 0 Å². The van der Waals surface area contributed by atoms with E-state index in [1.54, 1.807) is 4.57 Å². The van der Waals surface area contributed by atoms with Crippen molar-refractivity contribution >= 4 is 5.97 Å². The number of aromatic carboxylic acids is 1. The highest BCUT2D eigenvalue weighted by Crippen LogP contribution is 2.26. The lowest BCUT2D eigenvalue weighted by Gasteiger charge is -2.23. The van der Waals surface area contributed by atoms with Crippen LogP contribution >= 0.6 is 0 Å². The van der Waals surface area contributed by atoms with Gasteiger partial charge in [-0.2, -0.15) is 0 Å². The van der Waals surface area contributed by atoms with Crippen LogP contribution in [0.4, 0.5) is 0 Å². The third-order valence-electron chi connectivity index (χ3n) is 2.67. The fraction of sp³-hybridized carbons (Fsp3) is 0.600. The quantitative estimate of drug-likeness (QED) is 0.812. The number of hydrogen-bond acceptors (Lipinski definition) is 3. The lowest BCUT2D eigenvalue weighted by molar-refractivity contribution is 0.00617. The highest BCUT2D eigenvalue weighted by Gasteiger charge is 2.30. The highest BCUT2D eigenvalue weighted by atomic mass is 16.5. The molecule has 0 bridgehead atoms. The van der Waals surface area contributed by atoms with Crippen LogP contribution in [-0.2, 0) is 11.3 Å². The number of imidazole rings is 1. The number of hydrogen-bond donors (Lipinski definition) is 1. The van der Waals surface area contributed by atoms with Gasteiger partial charge >= 0.3 is 5.97 Å². The second-order valence-electron chi connectivity index (χ2n) is 4.14. The number of aromatic nitrogens is 2. The standard InChI is InChI=1S/C10H14N2O3/c1-10(3-2-4-15-10)6-12-5-8(9(13)14)11-7-12/h5,7H,2-4,6H2,1H3,(H,13,14). The van der Waals surface area contributed by atoms with Crippen LogP contribution in [0.1, 0.15) is 30.3 Å². The van der Waals surface area contributed by atoms with E-state index >= 15 is 0 Å². The van der Waals surface area contributed by atoms with Crippen LogP contribution in [0.3, 0.4) is 0 Å². The van der Waals surface area contributed by atoms with Crippen molar-refractivity contribution in [3.05, 3.63) is 18.2 Å². The molecule has 2 heterocycles. The average molecular weight is 210 g/mol. The van der Waals surface area contributed by atoms with Crippen LogP contribution in [0.15, 0.2) is 12.5 Å². The van der Waals surface area contributed by atoms with E-state index in [-0.39, 0.29) is 11.3 Å². The Morgan fingerprint density at radius 1 is 1.80 bits per heavy atom. The molecule has 1 unspecified atom stereocenters. The molecule has 1 aliphatic rings. The molecule has 0 amide bonds. The molecule has 0 aliphatic carbocycles. The summed E-state index contributed by atoms with van der Waals surface area (Å²) in [6, 6.07) is 0. The maximum absolute atomic E-state index is 10.6. The summed E-state index contributed by atoms with van der Waals surface area (Å²) in [5.74, 6) is -0.994. The van der Waals surface area contributed by atoms with Gasteiger partial charge < -0.3 is 14.4 Å². The van der Waals surface area contributed by atoms with Gasteiger partial charge in [0.05, 0.1) is 18.5 Å². The Morgan fingerprint density at radius 3 is 3.13 bits per heavy atom. The van der Waals surface area contributed by atoms with Crippen LogP contribution < -0.4 is 0 Å². The minimum atomic E-state index is -0.994. The molecule has 1 N–H and O–H groups in total. The molecule has 0 radical (unpaired) electrons. The Kier molecular flexibility index (Phi) is 2.48. The van der Waals surface area contributed by atoms with Crippen LogP contribution in [0.2, 0.25) is 0 Å². The zero-order valence-electron chi connectivity index (χ0n) is 8.64. The Bertz CT molecular complexity index is 366. The van der Waals surface area contributed by atoms with Gasteiger partial charge in [0.25, 0.3) is 0 Å². The topological polar surface area (TPSA) is 64.4 Å². The van der Waals surface area contributed by atoms with Crippen LogP contribution in [0.5, 0.6) is 0 Å². The summed E-state index contributed by atoms with van der Waals surface area (Å²) in [5, 5.41) is 8.72. The van der Waals surface area contributed by atoms with E-state index in [9.17, 15) is 4.79 Å². The summed E-state index contributed by atoms with van der Waals surface area (Å²) in [6.45, 7) is 3.49. The van der Waals surface area contributed by atoms with Gasteiger partial charge in [-0.15, -0.1) is 0 Å². The largest absolute Gasteiger partial charge is 0.476 e. The molecule has 5 nitrogen and oxygen atoms in total. The van der Waals surface area contributed by atoms with Gasteiger partial charge in [0.1, 0.15) is 0 Å². The molecule has 0 saturated carbocycles. The summed E-state index contributed by atoms with van der Waals surface area (Å²) >= 11 is 0. The zero-order valence-corrected chi connectivity index (χ0v) is 8.64. The third kappa shape index (κ3) is 2.18. The van der Waals surface area contributed by atoms with Gasteiger partial charge in [-0.1, -0.05) is 0 Å². The molecule has 15 heavy (non-hydrogen) atoms. The average Bonchev–Trinajstić information content (AvgIpc) is 2.75. The minimum Gasteiger partial charge on any atom is -0.476 e. The molecule has 5 heteroatoms. The summed E-state index contributed by atoms with van der Waals surface area (Å²) in [5.41, 5.74) is -0.0900. The minimum absolute atomic E-state index is 0.0802. The van der Waals surface area contributed by atoms with E-state index in [2.05, 4.69) is 4.98 Å². The van der Waals surface area contributed by atoms with Crippen molar-refractivity contribution in [1.82, 2.24) is 9.55 Å². The highest BCUT2D eigenvalue weighted by molar-refractivity contribution is 5.84. The first-order valence-electron chi connectivity index (χ1n) is 4.98. The van der Waals surface area contributed by atoms with Crippen LogP contribution in [0.25, 0.3) is 0 Å². The summed E-state index contributed by atoms with van der Waals surface area (Å²) in [7, 11) is 0. The molecule has 1 aromatic heterocycles. The lowest BCUT2D eigenvalue weighted by atomic mass is 10.0. The molecular weight excluding hydrogens is 196 g/mol. The first-order chi connectivity index (χ1) is 7.09. The van der Waals surface area contributed by atoms with E-state index in [1.165, 1.54) is 12.5 Å². The number of ether oxygens (including phenoxy) is 1. The van der Waals surface area contributed by atoms with Crippen molar-refractivity contribution in [3.63, 3.8) is 0 Å². The monoisotopic (exact) mass is 210 g/mol. The van der Waals surface area contributed by atoms with Crippen molar-refractivity contribution in [2.24, 2.45) is 0 Å². The van der Waals surface area contributed by atoms with E-state index in [0.717, 1.165) is 19.4 Å². The number of nitrogens with zero attached hydrogens (tertiary/aromatic N) is 2. The molecular formula is C10H14N2O3. The van der Waals surface area contributed by atoms with Crippen molar-refractivity contribution in [3.8, 4) is 0 Å². The molecule has 1 saturated heterocycles. The number of rotatable bonds is 3. The molecule has 1 aliphatic heterocycles. The summed E-state index contributed by atoms with van der Waals surface area (Å²) < 4.78 is 7.39. The lowest BCUT2D eigenvalue weighted by Crippen LogP contribution is -2.28. The Hall–Kier alpha value is -1.36.